The van der Waals surface area contributed by atoms with Crippen molar-refractivity contribution < 1.29 is 27.4 Å². The van der Waals surface area contributed by atoms with E-state index in [1.807, 2.05) is 0 Å². The average molecular weight is 451 g/mol. The van der Waals surface area contributed by atoms with Crippen molar-refractivity contribution >= 4 is 46.0 Å². The van der Waals surface area contributed by atoms with Crippen LogP contribution in [0.25, 0.3) is 6.08 Å². The summed E-state index contributed by atoms with van der Waals surface area (Å²) in [4.78, 5) is 14.2. The third-order valence-electron chi connectivity index (χ3n) is 4.07. The summed E-state index contributed by atoms with van der Waals surface area (Å²) in [5, 5.41) is 0. The molecule has 0 unspecified atom stereocenters. The minimum absolute atomic E-state index is 0.0708. The number of carbonyl (C=O) groups is 1. The van der Waals surface area contributed by atoms with Crippen molar-refractivity contribution in [2.45, 2.75) is 6.18 Å². The maximum absolute atomic E-state index is 13.0. The topological polar surface area (TPSA) is 38.8 Å². The first-order valence-corrected chi connectivity index (χ1v) is 9.84. The molecule has 1 heterocycles. The van der Waals surface area contributed by atoms with Gasteiger partial charge in [-0.25, -0.2) is 0 Å². The first-order valence-electron chi connectivity index (χ1n) is 8.61. The molecule has 9 heteroatoms. The van der Waals surface area contributed by atoms with Gasteiger partial charge in [0, 0.05) is 0 Å². The summed E-state index contributed by atoms with van der Waals surface area (Å²) in [6, 6.07) is 9.63. The largest absolute Gasteiger partial charge is 0.493 e. The number of thiocarbonyl (C=S) groups is 1. The fraction of sp³-hybridized carbons (Fsp3) is 0.143. The zero-order valence-electron chi connectivity index (χ0n) is 15.7. The normalized spacial score (nSPS) is 15.6. The highest BCUT2D eigenvalue weighted by atomic mass is 32.2. The van der Waals surface area contributed by atoms with Gasteiger partial charge in [-0.2, -0.15) is 13.2 Å². The van der Waals surface area contributed by atoms with Crippen LogP contribution in [0.3, 0.4) is 0 Å². The van der Waals surface area contributed by atoms with Gasteiger partial charge in [-0.3, -0.25) is 9.69 Å². The Morgan fingerprint density at radius 3 is 2.63 bits per heavy atom. The van der Waals surface area contributed by atoms with Crippen LogP contribution in [0.4, 0.5) is 18.9 Å². The van der Waals surface area contributed by atoms with Crippen LogP contribution < -0.4 is 14.4 Å². The second-order valence-corrected chi connectivity index (χ2v) is 7.75. The molecule has 1 aliphatic rings. The fourth-order valence-corrected chi connectivity index (χ4v) is 4.00. The van der Waals surface area contributed by atoms with E-state index in [4.69, 9.17) is 21.7 Å². The Hall–Kier alpha value is -2.78. The quantitative estimate of drug-likeness (QED) is 0.321. The molecule has 3 rings (SSSR count). The van der Waals surface area contributed by atoms with E-state index in [-0.39, 0.29) is 10.0 Å². The molecule has 0 bridgehead atoms. The van der Waals surface area contributed by atoms with Crippen molar-refractivity contribution in [2.24, 2.45) is 0 Å². The third kappa shape index (κ3) is 4.68. The van der Waals surface area contributed by atoms with E-state index in [9.17, 15) is 18.0 Å². The zero-order valence-corrected chi connectivity index (χ0v) is 17.4. The summed E-state index contributed by atoms with van der Waals surface area (Å²) < 4.78 is 50.0. The van der Waals surface area contributed by atoms with Gasteiger partial charge in [-0.1, -0.05) is 48.8 Å². The molecule has 2 aromatic carbocycles. The molecule has 1 amide bonds. The second kappa shape index (κ2) is 8.93. The minimum Gasteiger partial charge on any atom is -0.493 e. The Balaban J connectivity index is 1.89. The van der Waals surface area contributed by atoms with Crippen molar-refractivity contribution in [2.75, 3.05) is 18.6 Å². The first kappa shape index (κ1) is 21.9. The highest BCUT2D eigenvalue weighted by molar-refractivity contribution is 8.27. The molecular weight excluding hydrogens is 435 g/mol. The van der Waals surface area contributed by atoms with E-state index in [1.165, 1.54) is 19.2 Å². The van der Waals surface area contributed by atoms with Gasteiger partial charge in [0.15, 0.2) is 15.8 Å². The van der Waals surface area contributed by atoms with E-state index < -0.39 is 17.6 Å². The lowest BCUT2D eigenvalue weighted by Gasteiger charge is -2.16. The van der Waals surface area contributed by atoms with Crippen molar-refractivity contribution in [3.63, 3.8) is 0 Å². The molecule has 1 aliphatic heterocycles. The lowest BCUT2D eigenvalue weighted by molar-refractivity contribution is -0.137. The van der Waals surface area contributed by atoms with Gasteiger partial charge in [0.05, 0.1) is 23.3 Å². The summed E-state index contributed by atoms with van der Waals surface area (Å²) in [6.45, 7) is 3.90. The lowest BCUT2D eigenvalue weighted by Crippen LogP contribution is -2.27. The van der Waals surface area contributed by atoms with Crippen molar-refractivity contribution in [1.29, 1.82) is 0 Å². The number of nitrogens with zero attached hydrogens (tertiary/aromatic N) is 1. The van der Waals surface area contributed by atoms with Gasteiger partial charge in [0.2, 0.25) is 0 Å². The highest BCUT2D eigenvalue weighted by Crippen LogP contribution is 2.39. The minimum atomic E-state index is -4.52. The molecule has 30 heavy (non-hydrogen) atoms. The number of ether oxygens (including phenoxy) is 2. The van der Waals surface area contributed by atoms with Crippen LogP contribution in [0.15, 0.2) is 60.0 Å². The van der Waals surface area contributed by atoms with Gasteiger partial charge >= 0.3 is 6.18 Å². The molecule has 0 spiro atoms. The molecule has 0 saturated carbocycles. The monoisotopic (exact) mass is 451 g/mol. The molecule has 0 atom stereocenters. The summed E-state index contributed by atoms with van der Waals surface area (Å²) in [5.74, 6) is 0.500. The number of hydrogen-bond acceptors (Lipinski definition) is 5. The molecule has 0 radical (unpaired) electrons. The molecule has 156 valence electrons. The summed E-state index contributed by atoms with van der Waals surface area (Å²) in [5.41, 5.74) is -0.123. The van der Waals surface area contributed by atoms with Crippen LogP contribution in [-0.2, 0) is 11.0 Å². The molecule has 1 fully saturated rings. The van der Waals surface area contributed by atoms with E-state index in [2.05, 4.69) is 6.58 Å². The molecule has 2 aromatic rings. The van der Waals surface area contributed by atoms with Crippen molar-refractivity contribution in [3.05, 3.63) is 71.2 Å². The van der Waals surface area contributed by atoms with Crippen LogP contribution in [0, 0.1) is 0 Å². The number of alkyl halides is 3. The predicted molar refractivity (Wildman–Crippen MR) is 116 cm³/mol. The highest BCUT2D eigenvalue weighted by Gasteiger charge is 2.36. The zero-order chi connectivity index (χ0) is 21.9. The molecule has 0 N–H and O–H groups in total. The number of amides is 1. The van der Waals surface area contributed by atoms with Gasteiger partial charge < -0.3 is 9.47 Å². The number of benzene rings is 2. The third-order valence-corrected chi connectivity index (χ3v) is 5.37. The molecule has 0 aromatic heterocycles. The summed E-state index contributed by atoms with van der Waals surface area (Å²) in [7, 11) is 1.49. The molecule has 0 aliphatic carbocycles. The SMILES string of the molecule is C=CCOc1ccc(/C=C2/SC(=S)N(c3cccc(C(F)(F)F)c3)C2=O)cc1OC. The smallest absolute Gasteiger partial charge is 0.416 e. The summed E-state index contributed by atoms with van der Waals surface area (Å²) >= 11 is 6.26. The number of rotatable bonds is 6. The van der Waals surface area contributed by atoms with Gasteiger partial charge in [0.1, 0.15) is 6.61 Å². The molecule has 4 nitrogen and oxygen atoms in total. The number of halogens is 3. The number of carbonyl (C=O) groups excluding carboxylic acids is 1. The molecule has 1 saturated heterocycles. The van der Waals surface area contributed by atoms with Gasteiger partial charge in [0.25, 0.3) is 5.91 Å². The van der Waals surface area contributed by atoms with Crippen LogP contribution in [0.2, 0.25) is 0 Å². The standard InChI is InChI=1S/C21H16F3NO3S2/c1-3-9-28-16-8-7-13(10-17(16)27-2)11-18-19(26)25(20(29)30-18)15-6-4-5-14(12-15)21(22,23)24/h3-8,10-12H,1,9H2,2H3/b18-11+. The lowest BCUT2D eigenvalue weighted by atomic mass is 10.1. The maximum atomic E-state index is 13.0. The van der Waals surface area contributed by atoms with Crippen molar-refractivity contribution in [1.82, 2.24) is 0 Å². The Bertz CT molecular complexity index is 1030. The van der Waals surface area contributed by atoms with Crippen LogP contribution in [-0.4, -0.2) is 23.9 Å². The first-order chi connectivity index (χ1) is 14.2. The number of hydrogen-bond donors (Lipinski definition) is 0. The average Bonchev–Trinajstić information content (AvgIpc) is 2.99. The second-order valence-electron chi connectivity index (χ2n) is 6.08. The Morgan fingerprint density at radius 1 is 1.20 bits per heavy atom. The van der Waals surface area contributed by atoms with E-state index in [0.717, 1.165) is 28.8 Å². The Morgan fingerprint density at radius 2 is 1.97 bits per heavy atom. The predicted octanol–water partition coefficient (Wildman–Crippen LogP) is 5.68. The van der Waals surface area contributed by atoms with Gasteiger partial charge in [-0.15, -0.1) is 0 Å². The Kier molecular flexibility index (Phi) is 6.52. The van der Waals surface area contributed by atoms with Crippen LogP contribution in [0.1, 0.15) is 11.1 Å². The summed E-state index contributed by atoms with van der Waals surface area (Å²) in [6.07, 6.45) is -1.31. The van der Waals surface area contributed by atoms with Crippen molar-refractivity contribution in [3.8, 4) is 11.5 Å². The molecular formula is C21H16F3NO3S2. The fourth-order valence-electron chi connectivity index (χ4n) is 2.70. The number of anilines is 1. The van der Waals surface area contributed by atoms with Crippen LogP contribution in [0.5, 0.6) is 11.5 Å². The number of methoxy groups -OCH3 is 1. The van der Waals surface area contributed by atoms with E-state index >= 15 is 0 Å². The van der Waals surface area contributed by atoms with E-state index in [0.29, 0.717) is 28.6 Å². The van der Waals surface area contributed by atoms with E-state index in [1.54, 1.807) is 30.4 Å². The number of thioether (sulfide) groups is 1. The van der Waals surface area contributed by atoms with Crippen LogP contribution >= 0.6 is 24.0 Å². The maximum Gasteiger partial charge on any atom is 0.416 e. The van der Waals surface area contributed by atoms with Gasteiger partial charge in [-0.05, 0) is 42.0 Å². The Labute approximate surface area is 181 Å².